The Hall–Kier alpha value is -2.10. The van der Waals surface area contributed by atoms with Crippen molar-refractivity contribution in [3.8, 4) is 11.8 Å². The van der Waals surface area contributed by atoms with Gasteiger partial charge in [0.1, 0.15) is 17.3 Å². The number of nitrogens with zero attached hydrogens (tertiary/aromatic N) is 1. The van der Waals surface area contributed by atoms with E-state index in [-0.39, 0.29) is 12.5 Å². The minimum absolute atomic E-state index is 0.191. The van der Waals surface area contributed by atoms with E-state index in [0.717, 1.165) is 0 Å². The monoisotopic (exact) mass is 261 g/mol. The summed E-state index contributed by atoms with van der Waals surface area (Å²) >= 11 is 1.32. The zero-order valence-corrected chi connectivity index (χ0v) is 10.3. The van der Waals surface area contributed by atoms with Crippen molar-refractivity contribution in [1.29, 1.82) is 0 Å². The fraction of sp³-hybridized carbons (Fsp3) is 0.167. The number of nitrogens with one attached hydrogen (secondary N) is 2. The van der Waals surface area contributed by atoms with Gasteiger partial charge >= 0.3 is 0 Å². The average molecular weight is 261 g/mol. The Morgan fingerprint density at radius 3 is 3.22 bits per heavy atom. The van der Waals surface area contributed by atoms with E-state index < -0.39 is 0 Å². The number of aliphatic hydroxyl groups excluding tert-OH is 1. The molecular formula is C12H11N3O2S. The van der Waals surface area contributed by atoms with E-state index in [0.29, 0.717) is 22.8 Å². The molecule has 6 heteroatoms. The zero-order valence-electron chi connectivity index (χ0n) is 9.43. The van der Waals surface area contributed by atoms with Crippen LogP contribution in [0.5, 0.6) is 0 Å². The molecular weight excluding hydrogens is 250 g/mol. The van der Waals surface area contributed by atoms with Gasteiger partial charge in [-0.3, -0.25) is 4.79 Å². The molecule has 0 fully saturated rings. The number of hydrogen-bond acceptors (Lipinski definition) is 4. The van der Waals surface area contributed by atoms with Crippen LogP contribution in [0.1, 0.15) is 21.1 Å². The topological polar surface area (TPSA) is 78.0 Å². The molecule has 3 N–H and O–H groups in total. The maximum absolute atomic E-state index is 11.9. The van der Waals surface area contributed by atoms with Gasteiger partial charge in [0.25, 0.3) is 5.91 Å². The zero-order chi connectivity index (χ0) is 12.8. The van der Waals surface area contributed by atoms with Gasteiger partial charge < -0.3 is 15.4 Å². The summed E-state index contributed by atoms with van der Waals surface area (Å²) in [6.07, 6.45) is 3.33. The first kappa shape index (κ1) is 12.4. The van der Waals surface area contributed by atoms with Gasteiger partial charge in [-0.2, -0.15) is 0 Å². The largest absolute Gasteiger partial charge is 0.384 e. The second kappa shape index (κ2) is 6.00. The first-order chi connectivity index (χ1) is 8.81. The molecule has 0 spiro atoms. The van der Waals surface area contributed by atoms with E-state index in [1.54, 1.807) is 23.8 Å². The first-order valence-corrected chi connectivity index (χ1v) is 6.13. The van der Waals surface area contributed by atoms with Crippen molar-refractivity contribution in [3.63, 3.8) is 0 Å². The number of aliphatic hydroxyl groups is 1. The molecule has 0 saturated carbocycles. The number of aromatic amines is 1. The highest BCUT2D eigenvalue weighted by Crippen LogP contribution is 2.15. The fourth-order valence-corrected chi connectivity index (χ4v) is 2.12. The molecule has 0 aliphatic carbocycles. The normalized spacial score (nSPS) is 9.61. The third-order valence-corrected chi connectivity index (χ3v) is 3.06. The standard InChI is InChI=1S/C12H11N3O2S/c16-6-1-2-9-3-7-18-11(9)12(17)15-8-10-13-4-5-14-10/h3-5,7,16H,6,8H2,(H,13,14)(H,15,17). The van der Waals surface area contributed by atoms with E-state index in [1.807, 2.05) is 0 Å². The quantitative estimate of drug-likeness (QED) is 0.713. The molecule has 2 aromatic rings. The summed E-state index contributed by atoms with van der Waals surface area (Å²) in [4.78, 5) is 19.4. The summed E-state index contributed by atoms with van der Waals surface area (Å²) in [5.41, 5.74) is 0.631. The van der Waals surface area contributed by atoms with Crippen molar-refractivity contribution in [2.24, 2.45) is 0 Å². The molecule has 0 unspecified atom stereocenters. The van der Waals surface area contributed by atoms with Gasteiger partial charge in [0, 0.05) is 18.0 Å². The minimum atomic E-state index is -0.219. The second-order valence-electron chi connectivity index (χ2n) is 3.34. The Labute approximate surface area is 108 Å². The van der Waals surface area contributed by atoms with Gasteiger partial charge in [-0.15, -0.1) is 11.3 Å². The Morgan fingerprint density at radius 2 is 2.50 bits per heavy atom. The summed E-state index contributed by atoms with van der Waals surface area (Å²) in [7, 11) is 0. The van der Waals surface area contributed by atoms with Crippen LogP contribution in [0.15, 0.2) is 23.8 Å². The lowest BCUT2D eigenvalue weighted by Gasteiger charge is -2.01. The Balaban J connectivity index is 2.02. The SMILES string of the molecule is O=C(NCc1ncc[nH]1)c1sccc1C#CCO. The van der Waals surface area contributed by atoms with Crippen molar-refractivity contribution in [3.05, 3.63) is 40.1 Å². The lowest BCUT2D eigenvalue weighted by atomic mass is 10.2. The molecule has 92 valence electrons. The van der Waals surface area contributed by atoms with Crippen molar-refractivity contribution in [1.82, 2.24) is 15.3 Å². The van der Waals surface area contributed by atoms with Crippen LogP contribution in [0.3, 0.4) is 0 Å². The molecule has 0 aromatic carbocycles. The van der Waals surface area contributed by atoms with E-state index in [9.17, 15) is 4.79 Å². The number of amides is 1. The molecule has 0 saturated heterocycles. The molecule has 5 nitrogen and oxygen atoms in total. The molecule has 1 amide bonds. The number of thiophene rings is 1. The van der Waals surface area contributed by atoms with Crippen LogP contribution in [0.4, 0.5) is 0 Å². The van der Waals surface area contributed by atoms with Crippen molar-refractivity contribution >= 4 is 17.2 Å². The van der Waals surface area contributed by atoms with Crippen molar-refractivity contribution in [2.75, 3.05) is 6.61 Å². The summed E-state index contributed by atoms with van der Waals surface area (Å²) in [5.74, 6) is 5.78. The summed E-state index contributed by atoms with van der Waals surface area (Å²) < 4.78 is 0. The van der Waals surface area contributed by atoms with E-state index in [4.69, 9.17) is 5.11 Å². The Bertz CT molecular complexity index is 578. The minimum Gasteiger partial charge on any atom is -0.384 e. The molecule has 0 atom stereocenters. The smallest absolute Gasteiger partial charge is 0.263 e. The van der Waals surface area contributed by atoms with Crippen molar-refractivity contribution < 1.29 is 9.90 Å². The van der Waals surface area contributed by atoms with Crippen LogP contribution in [0.2, 0.25) is 0 Å². The molecule has 0 radical (unpaired) electrons. The van der Waals surface area contributed by atoms with E-state index in [2.05, 4.69) is 27.1 Å². The molecule has 0 bridgehead atoms. The Kier molecular flexibility index (Phi) is 4.12. The first-order valence-electron chi connectivity index (χ1n) is 5.25. The van der Waals surface area contributed by atoms with Crippen LogP contribution in [-0.2, 0) is 6.54 Å². The average Bonchev–Trinajstić information content (AvgIpc) is 3.04. The number of carbonyl (C=O) groups is 1. The second-order valence-corrected chi connectivity index (χ2v) is 4.26. The Morgan fingerprint density at radius 1 is 1.61 bits per heavy atom. The number of rotatable bonds is 3. The maximum Gasteiger partial charge on any atom is 0.263 e. The summed E-state index contributed by atoms with van der Waals surface area (Å²) in [5, 5.41) is 13.2. The number of aromatic nitrogens is 2. The summed E-state index contributed by atoms with van der Waals surface area (Å²) in [6.45, 7) is 0.125. The van der Waals surface area contributed by atoms with Gasteiger partial charge in [0.15, 0.2) is 0 Å². The van der Waals surface area contributed by atoms with Crippen LogP contribution >= 0.6 is 11.3 Å². The number of H-pyrrole nitrogens is 1. The van der Waals surface area contributed by atoms with Gasteiger partial charge in [-0.05, 0) is 11.4 Å². The molecule has 18 heavy (non-hydrogen) atoms. The number of hydrogen-bond donors (Lipinski definition) is 3. The molecule has 2 heterocycles. The maximum atomic E-state index is 11.9. The molecule has 0 aliphatic rings. The molecule has 2 aromatic heterocycles. The van der Waals surface area contributed by atoms with Crippen LogP contribution < -0.4 is 5.32 Å². The lowest BCUT2D eigenvalue weighted by molar-refractivity contribution is 0.0954. The highest BCUT2D eigenvalue weighted by molar-refractivity contribution is 7.12. The van der Waals surface area contributed by atoms with Gasteiger partial charge in [0.05, 0.1) is 6.54 Å². The van der Waals surface area contributed by atoms with Crippen LogP contribution in [-0.4, -0.2) is 27.6 Å². The van der Waals surface area contributed by atoms with E-state index >= 15 is 0 Å². The molecule has 2 rings (SSSR count). The highest BCUT2D eigenvalue weighted by Gasteiger charge is 2.11. The number of carbonyl (C=O) groups excluding carboxylic acids is 1. The molecule has 0 aliphatic heterocycles. The van der Waals surface area contributed by atoms with Crippen LogP contribution in [0, 0.1) is 11.8 Å². The predicted octanol–water partition coefficient (Wildman–Crippen LogP) is 0.745. The van der Waals surface area contributed by atoms with Crippen molar-refractivity contribution in [2.45, 2.75) is 6.54 Å². The van der Waals surface area contributed by atoms with Gasteiger partial charge in [-0.25, -0.2) is 4.98 Å². The van der Waals surface area contributed by atoms with E-state index in [1.165, 1.54) is 11.3 Å². The lowest BCUT2D eigenvalue weighted by Crippen LogP contribution is -2.23. The third-order valence-electron chi connectivity index (χ3n) is 2.14. The van der Waals surface area contributed by atoms with Gasteiger partial charge in [-0.1, -0.05) is 11.8 Å². The number of imidazole rings is 1. The third kappa shape index (κ3) is 2.97. The van der Waals surface area contributed by atoms with Gasteiger partial charge in [0.2, 0.25) is 0 Å². The fourth-order valence-electron chi connectivity index (χ4n) is 1.36. The summed E-state index contributed by atoms with van der Waals surface area (Å²) in [6, 6.07) is 1.76. The predicted molar refractivity (Wildman–Crippen MR) is 68.0 cm³/mol. The highest BCUT2D eigenvalue weighted by atomic mass is 32.1. The van der Waals surface area contributed by atoms with Crippen LogP contribution in [0.25, 0.3) is 0 Å².